The molecule has 0 spiro atoms. The zero-order chi connectivity index (χ0) is 17.9. The number of amides is 3. The van der Waals surface area contributed by atoms with Crippen LogP contribution in [0.15, 0.2) is 33.8 Å². The average Bonchev–Trinajstić information content (AvgIpc) is 2.91. The highest BCUT2D eigenvalue weighted by atomic mass is 35.5. The summed E-state index contributed by atoms with van der Waals surface area (Å²) in [7, 11) is 1.15. The lowest BCUT2D eigenvalue weighted by molar-refractivity contribution is -0.115. The van der Waals surface area contributed by atoms with Crippen molar-refractivity contribution in [1.29, 1.82) is 0 Å². The lowest BCUT2D eigenvalue weighted by atomic mass is 10.3. The van der Waals surface area contributed by atoms with Gasteiger partial charge in [-0.15, -0.1) is 0 Å². The van der Waals surface area contributed by atoms with Crippen LogP contribution in [0.5, 0.6) is 0 Å². The number of hydrogen-bond acceptors (Lipinski definition) is 5. The van der Waals surface area contributed by atoms with Crippen LogP contribution in [0.3, 0.4) is 0 Å². The molecule has 24 heavy (non-hydrogen) atoms. The fraction of sp³-hybridized carbons (Fsp3) is 0.0769. The molecule has 8 nitrogen and oxygen atoms in total. The topological polar surface area (TPSA) is 102 Å². The highest BCUT2D eigenvalue weighted by Gasteiger charge is 2.22. The molecular weight excluding hydrogens is 383 g/mol. The zero-order valence-electron chi connectivity index (χ0n) is 12.0. The van der Waals surface area contributed by atoms with Crippen molar-refractivity contribution in [2.75, 3.05) is 12.4 Å². The number of carbonyl (C=O) groups excluding carboxylic acids is 3. The van der Waals surface area contributed by atoms with E-state index in [0.717, 1.165) is 11.7 Å². The van der Waals surface area contributed by atoms with Crippen molar-refractivity contribution < 1.29 is 19.1 Å². The number of carbonyl (C=O) groups is 3. The van der Waals surface area contributed by atoms with Gasteiger partial charge in [0.25, 0.3) is 5.91 Å². The van der Waals surface area contributed by atoms with Crippen LogP contribution in [0.25, 0.3) is 11.0 Å². The molecule has 2 N–H and O–H groups in total. The summed E-state index contributed by atoms with van der Waals surface area (Å²) in [4.78, 5) is 39.7. The Bertz CT molecular complexity index is 858. The van der Waals surface area contributed by atoms with Gasteiger partial charge in [-0.3, -0.25) is 15.4 Å². The normalized spacial score (nSPS) is 10.2. The molecule has 1 heterocycles. The van der Waals surface area contributed by atoms with Gasteiger partial charge in [0.05, 0.1) is 18.1 Å². The summed E-state index contributed by atoms with van der Waals surface area (Å²) >= 11 is 16.4. The Morgan fingerprint density at radius 3 is 2.46 bits per heavy atom. The van der Waals surface area contributed by atoms with E-state index < -0.39 is 27.6 Å². The molecule has 3 amide bonds. The number of nitrogens with zero attached hydrogens (tertiary/aromatic N) is 2. The molecule has 1 aromatic carbocycles. The Morgan fingerprint density at radius 1 is 1.17 bits per heavy atom. The van der Waals surface area contributed by atoms with Crippen LogP contribution in [0, 0.1) is 0 Å². The first kappa shape index (κ1) is 18.1. The first-order valence-corrected chi connectivity index (χ1v) is 7.37. The summed E-state index contributed by atoms with van der Waals surface area (Å²) in [6, 6.07) is 5.61. The predicted molar refractivity (Wildman–Crippen MR) is 89.3 cm³/mol. The number of anilines is 1. The molecule has 1 aromatic heterocycles. The number of fused-ring (bicyclic) bond motifs is 1. The van der Waals surface area contributed by atoms with Crippen molar-refractivity contribution in [3.05, 3.63) is 33.8 Å². The van der Waals surface area contributed by atoms with Crippen LogP contribution in [-0.2, 0) is 9.53 Å². The van der Waals surface area contributed by atoms with Crippen LogP contribution >= 0.6 is 34.8 Å². The SMILES string of the molecule is COC(=O)Nc1nc2ccccc2n1C(=O)NC(=O)C(Cl)=C(Cl)Cl. The van der Waals surface area contributed by atoms with E-state index in [0.29, 0.717) is 11.0 Å². The number of para-hydroxylation sites is 2. The van der Waals surface area contributed by atoms with Crippen molar-refractivity contribution in [1.82, 2.24) is 14.9 Å². The van der Waals surface area contributed by atoms with E-state index in [1.165, 1.54) is 0 Å². The van der Waals surface area contributed by atoms with Gasteiger partial charge in [0, 0.05) is 0 Å². The van der Waals surface area contributed by atoms with Crippen molar-refractivity contribution in [3.8, 4) is 0 Å². The molecule has 0 aliphatic heterocycles. The molecular formula is C13H9Cl3N4O4. The molecule has 0 radical (unpaired) electrons. The second-order valence-corrected chi connectivity index (χ2v) is 5.54. The van der Waals surface area contributed by atoms with Crippen molar-refractivity contribution >= 4 is 69.8 Å². The molecule has 0 bridgehead atoms. The zero-order valence-corrected chi connectivity index (χ0v) is 14.2. The predicted octanol–water partition coefficient (Wildman–Crippen LogP) is 3.18. The van der Waals surface area contributed by atoms with Crippen molar-refractivity contribution in [3.63, 3.8) is 0 Å². The summed E-state index contributed by atoms with van der Waals surface area (Å²) in [6.07, 6.45) is -0.840. The molecule has 2 aromatic rings. The number of benzene rings is 1. The third-order valence-electron chi connectivity index (χ3n) is 2.75. The van der Waals surface area contributed by atoms with Gasteiger partial charge in [-0.1, -0.05) is 46.9 Å². The van der Waals surface area contributed by atoms with E-state index in [-0.39, 0.29) is 5.95 Å². The summed E-state index contributed by atoms with van der Waals surface area (Å²) in [5, 5.41) is 3.70. The van der Waals surface area contributed by atoms with E-state index >= 15 is 0 Å². The highest BCUT2D eigenvalue weighted by molar-refractivity contribution is 6.62. The second-order valence-electron chi connectivity index (χ2n) is 4.21. The number of ether oxygens (including phenoxy) is 1. The Morgan fingerprint density at radius 2 is 1.83 bits per heavy atom. The summed E-state index contributed by atoms with van der Waals surface area (Å²) in [6.45, 7) is 0. The molecule has 0 aliphatic rings. The number of nitrogens with one attached hydrogen (secondary N) is 2. The quantitative estimate of drug-likeness (QED) is 0.765. The number of methoxy groups -OCH3 is 1. The number of rotatable bonds is 2. The minimum absolute atomic E-state index is 0.148. The molecule has 0 unspecified atom stereocenters. The molecule has 2 rings (SSSR count). The lowest BCUT2D eigenvalue weighted by Crippen LogP contribution is -2.35. The standard InChI is InChI=1S/C13H9Cl3N4O4/c1-24-13(23)19-11-17-6-4-2-3-5-7(6)20(11)12(22)18-10(21)8(14)9(15)16/h2-5H,1H3,(H,17,19,23)(H,18,21,22). The minimum Gasteiger partial charge on any atom is -0.453 e. The maximum atomic E-state index is 12.4. The fourth-order valence-corrected chi connectivity index (χ4v) is 1.97. The Kier molecular flexibility index (Phi) is 5.66. The molecule has 11 heteroatoms. The summed E-state index contributed by atoms with van der Waals surface area (Å²) in [5.41, 5.74) is 0.745. The van der Waals surface area contributed by atoms with Crippen LogP contribution in [0.4, 0.5) is 15.5 Å². The number of halogens is 3. The molecule has 0 atom stereocenters. The molecule has 0 aliphatic carbocycles. The Hall–Kier alpha value is -2.29. The summed E-state index contributed by atoms with van der Waals surface area (Å²) < 4.78 is 4.94. The molecule has 0 fully saturated rings. The third-order valence-corrected chi connectivity index (χ3v) is 3.68. The van der Waals surface area contributed by atoms with Crippen molar-refractivity contribution in [2.24, 2.45) is 0 Å². The molecule has 0 saturated heterocycles. The lowest BCUT2D eigenvalue weighted by Gasteiger charge is -2.09. The minimum atomic E-state index is -1.01. The Balaban J connectivity index is 2.43. The largest absolute Gasteiger partial charge is 0.453 e. The first-order chi connectivity index (χ1) is 11.3. The molecule has 126 valence electrons. The maximum absolute atomic E-state index is 12.4. The van der Waals surface area contributed by atoms with Gasteiger partial charge in [0.2, 0.25) is 5.95 Å². The third kappa shape index (κ3) is 3.78. The fourth-order valence-electron chi connectivity index (χ4n) is 1.75. The van der Waals surface area contributed by atoms with Crippen LogP contribution in [-0.4, -0.2) is 34.7 Å². The van der Waals surface area contributed by atoms with E-state index in [1.54, 1.807) is 24.3 Å². The van der Waals surface area contributed by atoms with Gasteiger partial charge in [-0.25, -0.2) is 19.1 Å². The number of imide groups is 1. The van der Waals surface area contributed by atoms with Crippen LogP contribution in [0.1, 0.15) is 0 Å². The highest BCUT2D eigenvalue weighted by Crippen LogP contribution is 2.21. The van der Waals surface area contributed by atoms with E-state index in [1.807, 2.05) is 5.32 Å². The van der Waals surface area contributed by atoms with Gasteiger partial charge in [0.1, 0.15) is 9.52 Å². The number of imidazole rings is 1. The number of aromatic nitrogens is 2. The van der Waals surface area contributed by atoms with Gasteiger partial charge in [-0.2, -0.15) is 0 Å². The van der Waals surface area contributed by atoms with E-state index in [2.05, 4.69) is 15.0 Å². The van der Waals surface area contributed by atoms with Gasteiger partial charge < -0.3 is 4.74 Å². The van der Waals surface area contributed by atoms with Gasteiger partial charge in [-0.05, 0) is 12.1 Å². The Labute approximate surface area is 150 Å². The van der Waals surface area contributed by atoms with E-state index in [4.69, 9.17) is 34.8 Å². The van der Waals surface area contributed by atoms with Crippen molar-refractivity contribution in [2.45, 2.75) is 0 Å². The second kappa shape index (κ2) is 7.52. The smallest absolute Gasteiger partial charge is 0.413 e. The summed E-state index contributed by atoms with van der Waals surface area (Å²) in [5.74, 6) is -1.16. The maximum Gasteiger partial charge on any atom is 0.413 e. The molecule has 0 saturated carbocycles. The van der Waals surface area contributed by atoms with Gasteiger partial charge >= 0.3 is 12.1 Å². The van der Waals surface area contributed by atoms with Crippen LogP contribution < -0.4 is 10.6 Å². The van der Waals surface area contributed by atoms with Gasteiger partial charge in [0.15, 0.2) is 0 Å². The van der Waals surface area contributed by atoms with E-state index in [9.17, 15) is 14.4 Å². The van der Waals surface area contributed by atoms with Crippen LogP contribution in [0.2, 0.25) is 0 Å². The monoisotopic (exact) mass is 390 g/mol. The first-order valence-electron chi connectivity index (χ1n) is 6.24. The number of hydrogen-bond donors (Lipinski definition) is 2. The average molecular weight is 392 g/mol.